The van der Waals surface area contributed by atoms with Gasteiger partial charge in [0.1, 0.15) is 0 Å². The zero-order valence-electron chi connectivity index (χ0n) is 27.9. The van der Waals surface area contributed by atoms with Crippen LogP contribution in [0.15, 0.2) is 59.7 Å². The van der Waals surface area contributed by atoms with Crippen molar-refractivity contribution in [2.75, 3.05) is 95.0 Å². The van der Waals surface area contributed by atoms with Crippen LogP contribution in [0.4, 0.5) is 23.5 Å². The molecule has 0 fully saturated rings. The third-order valence-corrected chi connectivity index (χ3v) is 6.56. The van der Waals surface area contributed by atoms with Crippen LogP contribution in [-0.2, 0) is 18.9 Å². The Bertz CT molecular complexity index is 1430. The van der Waals surface area contributed by atoms with Crippen molar-refractivity contribution in [3.8, 4) is 0 Å². The predicted octanol–water partition coefficient (Wildman–Crippen LogP) is 4.62. The molecule has 0 aliphatic carbocycles. The number of hydrogen-bond donors (Lipinski definition) is 4. The molecule has 264 valence electrons. The van der Waals surface area contributed by atoms with Crippen molar-refractivity contribution in [2.45, 2.75) is 26.2 Å². The smallest absolute Gasteiger partial charge is 0.251 e. The van der Waals surface area contributed by atoms with E-state index >= 15 is 0 Å². The molecular weight excluding hydrogens is 632 g/mol. The Hall–Kier alpha value is -4.86. The molecule has 3 aromatic rings. The number of aromatic nitrogens is 3. The van der Waals surface area contributed by atoms with E-state index in [-0.39, 0.29) is 18.2 Å². The van der Waals surface area contributed by atoms with Gasteiger partial charge in [0.05, 0.1) is 46.2 Å². The molecule has 3 rings (SSSR count). The highest BCUT2D eigenvalue weighted by molar-refractivity contribution is 5.96. The molecule has 16 heteroatoms. The quantitative estimate of drug-likeness (QED) is 0.0287. The zero-order chi connectivity index (χ0) is 34.8. The number of rotatable bonds is 27. The van der Waals surface area contributed by atoms with E-state index in [1.165, 1.54) is 0 Å². The lowest BCUT2D eigenvalue weighted by Crippen LogP contribution is -2.27. The first-order valence-electron chi connectivity index (χ1n) is 16.4. The monoisotopic (exact) mass is 678 g/mol. The molecule has 0 bridgehead atoms. The molecule has 49 heavy (non-hydrogen) atoms. The van der Waals surface area contributed by atoms with Crippen molar-refractivity contribution in [1.29, 1.82) is 0 Å². The number of carbonyl (C=O) groups is 2. The first-order chi connectivity index (χ1) is 24.1. The lowest BCUT2D eigenvalue weighted by Gasteiger charge is -2.12. The number of nitrogens with one attached hydrogen (secondary N) is 4. The second-order valence-electron chi connectivity index (χ2n) is 10.4. The number of nitrogens with zero attached hydrogens (tertiary/aromatic N) is 6. The molecule has 0 spiro atoms. The van der Waals surface area contributed by atoms with E-state index in [1.54, 1.807) is 24.3 Å². The van der Waals surface area contributed by atoms with E-state index in [2.05, 4.69) is 53.2 Å². The second kappa shape index (κ2) is 24.3. The van der Waals surface area contributed by atoms with Crippen LogP contribution >= 0.6 is 0 Å². The summed E-state index contributed by atoms with van der Waals surface area (Å²) in [5.41, 5.74) is 10.1. The van der Waals surface area contributed by atoms with Crippen molar-refractivity contribution in [3.05, 3.63) is 76.2 Å². The van der Waals surface area contributed by atoms with E-state index in [1.807, 2.05) is 30.3 Å². The minimum absolute atomic E-state index is 0.119. The van der Waals surface area contributed by atoms with Gasteiger partial charge in [0, 0.05) is 60.9 Å². The summed E-state index contributed by atoms with van der Waals surface area (Å²) in [6.45, 7) is 7.10. The maximum Gasteiger partial charge on any atom is 0.251 e. The summed E-state index contributed by atoms with van der Waals surface area (Å²) in [5, 5.41) is 15.7. The number of Topliss-reactive ketones (excluding diaryl/α,β-unsaturated/α-hetero) is 1. The van der Waals surface area contributed by atoms with Crippen LogP contribution in [0.3, 0.4) is 0 Å². The summed E-state index contributed by atoms with van der Waals surface area (Å²) in [7, 11) is 0. The number of anilines is 4. The van der Waals surface area contributed by atoms with Crippen molar-refractivity contribution in [1.82, 2.24) is 20.3 Å². The van der Waals surface area contributed by atoms with E-state index in [4.69, 9.17) is 24.5 Å². The molecule has 0 aliphatic heterocycles. The molecule has 2 aromatic carbocycles. The van der Waals surface area contributed by atoms with Gasteiger partial charge in [-0.2, -0.15) is 15.0 Å². The van der Waals surface area contributed by atoms with Gasteiger partial charge in [0.15, 0.2) is 5.78 Å². The molecule has 0 radical (unpaired) electrons. The van der Waals surface area contributed by atoms with Gasteiger partial charge in [-0.3, -0.25) is 9.59 Å². The molecular formula is C33H46N10O6. The fourth-order valence-corrected chi connectivity index (χ4v) is 4.13. The normalized spacial score (nSPS) is 10.6. The third kappa shape index (κ3) is 16.7. The summed E-state index contributed by atoms with van der Waals surface area (Å²) in [4.78, 5) is 40.7. The molecule has 1 heterocycles. The van der Waals surface area contributed by atoms with Crippen molar-refractivity contribution < 1.29 is 28.5 Å². The van der Waals surface area contributed by atoms with Crippen LogP contribution in [0.2, 0.25) is 0 Å². The number of carbonyl (C=O) groups excluding carboxylic acids is 2. The van der Waals surface area contributed by atoms with Gasteiger partial charge in [0.25, 0.3) is 5.91 Å². The number of hydrogen-bond acceptors (Lipinski definition) is 13. The van der Waals surface area contributed by atoms with E-state index in [9.17, 15) is 9.59 Å². The lowest BCUT2D eigenvalue weighted by atomic mass is 10.1. The van der Waals surface area contributed by atoms with E-state index < -0.39 is 0 Å². The van der Waals surface area contributed by atoms with E-state index in [0.29, 0.717) is 114 Å². The molecule has 16 nitrogen and oxygen atoms in total. The third-order valence-electron chi connectivity index (χ3n) is 6.56. The fourth-order valence-electron chi connectivity index (χ4n) is 4.13. The van der Waals surface area contributed by atoms with Crippen LogP contribution in [0.25, 0.3) is 10.4 Å². The Morgan fingerprint density at radius 3 is 2.00 bits per heavy atom. The molecule has 0 aliphatic rings. The molecule has 1 amide bonds. The van der Waals surface area contributed by atoms with Gasteiger partial charge in [-0.1, -0.05) is 42.4 Å². The molecule has 0 unspecified atom stereocenters. The number of amides is 1. The first-order valence-corrected chi connectivity index (χ1v) is 16.4. The van der Waals surface area contributed by atoms with Gasteiger partial charge in [-0.05, 0) is 42.6 Å². The first kappa shape index (κ1) is 38.6. The summed E-state index contributed by atoms with van der Waals surface area (Å²) in [6, 6.07) is 16.2. The Kier molecular flexibility index (Phi) is 19.1. The van der Waals surface area contributed by atoms with Crippen LogP contribution < -0.4 is 21.3 Å². The lowest BCUT2D eigenvalue weighted by molar-refractivity contribution is 0.0497. The van der Waals surface area contributed by atoms with Crippen LogP contribution in [-0.4, -0.2) is 106 Å². The minimum atomic E-state index is -0.220. The van der Waals surface area contributed by atoms with Crippen LogP contribution in [0.1, 0.15) is 46.9 Å². The summed E-state index contributed by atoms with van der Waals surface area (Å²) in [5.74, 6) is 1.06. The van der Waals surface area contributed by atoms with Gasteiger partial charge in [0.2, 0.25) is 17.8 Å². The number of ketones is 1. The highest BCUT2D eigenvalue weighted by atomic mass is 16.5. The number of benzene rings is 2. The van der Waals surface area contributed by atoms with Gasteiger partial charge < -0.3 is 40.2 Å². The Labute approximate surface area is 286 Å². The van der Waals surface area contributed by atoms with Crippen molar-refractivity contribution in [2.24, 2.45) is 5.11 Å². The molecule has 0 saturated heterocycles. The van der Waals surface area contributed by atoms with Crippen molar-refractivity contribution in [3.63, 3.8) is 0 Å². The molecule has 4 N–H and O–H groups in total. The average Bonchev–Trinajstić information content (AvgIpc) is 3.12. The van der Waals surface area contributed by atoms with Gasteiger partial charge in [-0.15, -0.1) is 0 Å². The molecule has 1 aromatic heterocycles. The zero-order valence-corrected chi connectivity index (χ0v) is 27.9. The topological polar surface area (TPSA) is 207 Å². The summed E-state index contributed by atoms with van der Waals surface area (Å²) >= 11 is 0. The van der Waals surface area contributed by atoms with E-state index in [0.717, 1.165) is 12.0 Å². The summed E-state index contributed by atoms with van der Waals surface area (Å²) in [6.07, 6.45) is 2.02. The highest BCUT2D eigenvalue weighted by Gasteiger charge is 2.09. The maximum absolute atomic E-state index is 12.5. The maximum atomic E-state index is 12.5. The average molecular weight is 679 g/mol. The minimum Gasteiger partial charge on any atom is -0.379 e. The number of azide groups is 1. The largest absolute Gasteiger partial charge is 0.379 e. The summed E-state index contributed by atoms with van der Waals surface area (Å²) < 4.78 is 21.9. The fraction of sp³-hybridized carbons (Fsp3) is 0.485. The molecule has 0 atom stereocenters. The number of ether oxygens (including phenoxy) is 4. The van der Waals surface area contributed by atoms with Gasteiger partial charge in [-0.25, -0.2) is 0 Å². The Balaban J connectivity index is 1.33. The van der Waals surface area contributed by atoms with Crippen LogP contribution in [0, 0.1) is 0 Å². The highest BCUT2D eigenvalue weighted by Crippen LogP contribution is 2.17. The Morgan fingerprint density at radius 1 is 0.714 bits per heavy atom. The Morgan fingerprint density at radius 2 is 1.33 bits per heavy atom. The second-order valence-corrected chi connectivity index (χ2v) is 10.4. The standard InChI is InChI=1S/C33H46N10O6/c1-2-14-36-31-40-32(37-16-20-48-23-22-46-18-6-9-29(44)26-7-4-3-5-8-26)42-33(41-31)39-28-12-10-27(11-13-28)30(45)35-15-19-47-24-25-49-21-17-38-43-34/h3-5,7-8,10-13H,2,6,9,14-25H2,1H3,(H,35,45)(H3,36,37,39,40,41,42). The SMILES string of the molecule is CCCNc1nc(NCCOCCOCCCC(=O)c2ccccc2)nc(Nc2ccc(C(=O)NCCOCCOCCN=[N+]=[N-])cc2)n1. The predicted molar refractivity (Wildman–Crippen MR) is 186 cm³/mol. The van der Waals surface area contributed by atoms with Crippen molar-refractivity contribution >= 4 is 35.2 Å². The molecule has 0 saturated carbocycles. The van der Waals surface area contributed by atoms with Crippen LogP contribution in [0.5, 0.6) is 0 Å². The van der Waals surface area contributed by atoms with Gasteiger partial charge >= 0.3 is 0 Å².